The summed E-state index contributed by atoms with van der Waals surface area (Å²) in [6.45, 7) is -4.17. The molecule has 0 fully saturated rings. The minimum absolute atomic E-state index is 0.330. The normalized spacial score (nSPS) is 18.0. The van der Waals surface area contributed by atoms with Gasteiger partial charge >= 0.3 is 6.18 Å². The van der Waals surface area contributed by atoms with Crippen LogP contribution in [-0.4, -0.2) is 27.4 Å². The lowest BCUT2D eigenvalue weighted by Gasteiger charge is -2.03. The summed E-state index contributed by atoms with van der Waals surface area (Å²) in [4.78, 5) is 0. The summed E-state index contributed by atoms with van der Waals surface area (Å²) in [5, 5.41) is 0. The summed E-state index contributed by atoms with van der Waals surface area (Å²) in [5.41, 5.74) is 0. The van der Waals surface area contributed by atoms with E-state index in [2.05, 4.69) is 4.18 Å². The molecule has 0 aromatic rings. The Balaban J connectivity index is 4.67. The summed E-state index contributed by atoms with van der Waals surface area (Å²) < 4.78 is 70.6. The van der Waals surface area contributed by atoms with E-state index in [4.69, 9.17) is 2.74 Å². The Morgan fingerprint density at radius 2 is 2.00 bits per heavy atom. The Bertz CT molecular complexity index is 256. The Labute approximate surface area is 58.7 Å². The average molecular weight is 180 g/mol. The summed E-state index contributed by atoms with van der Waals surface area (Å²) in [6, 6.07) is 0. The van der Waals surface area contributed by atoms with Crippen LogP contribution in [-0.2, 0) is 14.3 Å². The molecule has 0 saturated carbocycles. The van der Waals surface area contributed by atoms with Crippen molar-refractivity contribution in [2.24, 2.45) is 0 Å². The maximum Gasteiger partial charge on any atom is 0.413 e. The predicted molar refractivity (Wildman–Crippen MR) is 26.9 cm³/mol. The second-order valence-corrected chi connectivity index (χ2v) is 2.96. The van der Waals surface area contributed by atoms with Crippen LogP contribution in [0, 0.1) is 0 Å². The highest BCUT2D eigenvalue weighted by molar-refractivity contribution is 7.85. The summed E-state index contributed by atoms with van der Waals surface area (Å²) in [6.07, 6.45) is -5.04. The van der Waals surface area contributed by atoms with Crippen molar-refractivity contribution in [1.29, 1.82) is 0 Å². The summed E-state index contributed by atoms with van der Waals surface area (Å²) in [7, 11) is -4.46. The predicted octanol–water partition coefficient (Wildman–Crippen LogP) is 0.525. The first-order valence-electron chi connectivity index (χ1n) is 2.93. The molecule has 10 heavy (non-hydrogen) atoms. The van der Waals surface area contributed by atoms with Gasteiger partial charge in [0.2, 0.25) is 0 Å². The van der Waals surface area contributed by atoms with Crippen LogP contribution >= 0.6 is 0 Å². The average Bonchev–Trinajstić information content (AvgIpc) is 1.52. The van der Waals surface area contributed by atoms with E-state index in [-0.39, 0.29) is 0 Å². The Hall–Kier alpha value is -0.300. The number of halogens is 3. The third-order valence-corrected chi connectivity index (χ3v) is 0.695. The van der Waals surface area contributed by atoms with Gasteiger partial charge in [0.05, 0.1) is 9.00 Å². The van der Waals surface area contributed by atoms with Gasteiger partial charge in [-0.05, 0) is 0 Å². The molecule has 0 aromatic carbocycles. The van der Waals surface area contributed by atoms with Crippen LogP contribution in [0.5, 0.6) is 0 Å². The molecule has 0 spiro atoms. The molecule has 0 heterocycles. The molecule has 0 aliphatic rings. The van der Waals surface area contributed by atoms with E-state index >= 15 is 0 Å². The van der Waals surface area contributed by atoms with Gasteiger partial charge in [0, 0.05) is 0 Å². The molecule has 0 atom stereocenters. The fourth-order valence-electron chi connectivity index (χ4n) is 0.123. The van der Waals surface area contributed by atoms with Crippen molar-refractivity contribution >= 4 is 10.1 Å². The fraction of sp³-hybridized carbons (Fsp3) is 1.00. The highest BCUT2D eigenvalue weighted by Gasteiger charge is 2.29. The maximum atomic E-state index is 11.6. The van der Waals surface area contributed by atoms with Gasteiger partial charge in [-0.15, -0.1) is 0 Å². The molecule has 0 N–H and O–H groups in total. The van der Waals surface area contributed by atoms with Crippen LogP contribution in [0.4, 0.5) is 13.2 Å². The van der Waals surface area contributed by atoms with Crippen LogP contribution in [0.25, 0.3) is 0 Å². The Kier molecular flexibility index (Phi) is 1.76. The number of rotatable bonds is 2. The molecule has 0 bridgehead atoms. The van der Waals surface area contributed by atoms with E-state index in [0.29, 0.717) is 6.26 Å². The van der Waals surface area contributed by atoms with Crippen molar-refractivity contribution in [3.63, 3.8) is 0 Å². The highest BCUT2D eigenvalue weighted by Crippen LogP contribution is 2.15. The Morgan fingerprint density at radius 3 is 2.10 bits per heavy atom. The van der Waals surface area contributed by atoms with Crippen LogP contribution in [0.15, 0.2) is 0 Å². The van der Waals surface area contributed by atoms with E-state index < -0.39 is 22.9 Å². The van der Waals surface area contributed by atoms with E-state index in [0.717, 1.165) is 0 Å². The highest BCUT2D eigenvalue weighted by atomic mass is 32.2. The Morgan fingerprint density at radius 1 is 1.60 bits per heavy atom. The van der Waals surface area contributed by atoms with Crippen molar-refractivity contribution in [2.75, 3.05) is 12.8 Å². The van der Waals surface area contributed by atoms with Gasteiger partial charge in [-0.2, -0.15) is 21.6 Å². The molecular formula is C3H5F3O3S. The minimum atomic E-state index is -5.36. The lowest BCUT2D eigenvalue weighted by atomic mass is 10.7. The lowest BCUT2D eigenvalue weighted by molar-refractivity contribution is -0.152. The number of alkyl halides is 3. The van der Waals surface area contributed by atoms with Crippen molar-refractivity contribution in [3.05, 3.63) is 0 Å². The van der Waals surface area contributed by atoms with E-state index in [9.17, 15) is 21.6 Å². The van der Waals surface area contributed by atoms with Gasteiger partial charge in [-0.3, -0.25) is 4.18 Å². The molecule has 0 rings (SSSR count). The zero-order valence-corrected chi connectivity index (χ0v) is 5.58. The fourth-order valence-corrected chi connectivity index (χ4v) is 0.369. The third-order valence-electron chi connectivity index (χ3n) is 0.309. The summed E-state index contributed by atoms with van der Waals surface area (Å²) >= 11 is 0. The van der Waals surface area contributed by atoms with Crippen LogP contribution in [0.3, 0.4) is 0 Å². The monoisotopic (exact) mass is 180 g/mol. The van der Waals surface area contributed by atoms with Crippen LogP contribution in [0.2, 0.25) is 0 Å². The van der Waals surface area contributed by atoms with Gasteiger partial charge < -0.3 is 0 Å². The zero-order chi connectivity index (χ0) is 10.2. The second kappa shape index (κ2) is 2.75. The molecule has 0 aromatic heterocycles. The van der Waals surface area contributed by atoms with E-state index in [1.165, 1.54) is 0 Å². The molecule has 7 heteroatoms. The first-order valence-corrected chi connectivity index (χ1v) is 3.75. The van der Waals surface area contributed by atoms with Crippen molar-refractivity contribution in [2.45, 2.75) is 6.18 Å². The first kappa shape index (κ1) is 6.41. The van der Waals surface area contributed by atoms with E-state index in [1.807, 2.05) is 0 Å². The standard InChI is InChI=1S/C3H5F3O3S/c1-10(7,8)9-2-3(4,5)6/h2H2,1H3/i2D2. The van der Waals surface area contributed by atoms with Crippen LogP contribution < -0.4 is 0 Å². The minimum Gasteiger partial charge on any atom is -0.261 e. The van der Waals surface area contributed by atoms with Gasteiger partial charge in [0.15, 0.2) is 6.56 Å². The first-order chi connectivity index (χ1) is 4.96. The summed E-state index contributed by atoms with van der Waals surface area (Å²) in [5.74, 6) is 0. The topological polar surface area (TPSA) is 43.4 Å². The molecule has 0 radical (unpaired) electrons. The molecule has 0 aliphatic carbocycles. The van der Waals surface area contributed by atoms with Crippen molar-refractivity contribution in [1.82, 2.24) is 0 Å². The van der Waals surface area contributed by atoms with Crippen molar-refractivity contribution in [3.8, 4) is 0 Å². The van der Waals surface area contributed by atoms with Gasteiger partial charge in [0.1, 0.15) is 0 Å². The quantitative estimate of drug-likeness (QED) is 0.582. The van der Waals surface area contributed by atoms with Crippen molar-refractivity contribution < 1.29 is 28.5 Å². The number of hydrogen-bond acceptors (Lipinski definition) is 3. The van der Waals surface area contributed by atoms with Crippen LogP contribution in [0.1, 0.15) is 2.74 Å². The molecule has 0 saturated heterocycles. The maximum absolute atomic E-state index is 11.6. The number of hydrogen-bond donors (Lipinski definition) is 0. The molecule has 0 aliphatic heterocycles. The smallest absolute Gasteiger partial charge is 0.261 e. The molecule has 62 valence electrons. The second-order valence-electron chi connectivity index (χ2n) is 1.39. The van der Waals surface area contributed by atoms with Gasteiger partial charge in [-0.25, -0.2) is 0 Å². The SMILES string of the molecule is [2H]C([2H])(OS(C)(=O)=O)C(F)(F)F. The molecule has 0 unspecified atom stereocenters. The molecule has 0 amide bonds. The third kappa shape index (κ3) is 7.70. The zero-order valence-electron chi connectivity index (χ0n) is 6.77. The largest absolute Gasteiger partial charge is 0.413 e. The van der Waals surface area contributed by atoms with E-state index in [1.54, 1.807) is 0 Å². The van der Waals surface area contributed by atoms with Gasteiger partial charge in [-0.1, -0.05) is 0 Å². The lowest BCUT2D eigenvalue weighted by Crippen LogP contribution is -2.19. The molecular weight excluding hydrogens is 173 g/mol. The molecule has 3 nitrogen and oxygen atoms in total. The van der Waals surface area contributed by atoms with Gasteiger partial charge in [0.25, 0.3) is 10.1 Å².